The van der Waals surface area contributed by atoms with Gasteiger partial charge in [0.1, 0.15) is 6.54 Å². The average molecular weight is 380 g/mol. The molecule has 3 rings (SSSR count). The quantitative estimate of drug-likeness (QED) is 0.776. The van der Waals surface area contributed by atoms with Crippen LogP contribution in [0.5, 0.6) is 11.5 Å². The molecule has 0 radical (unpaired) electrons. The molecule has 2 aromatic carbocycles. The van der Waals surface area contributed by atoms with Crippen molar-refractivity contribution in [3.63, 3.8) is 0 Å². The molecule has 0 bridgehead atoms. The molecule has 0 spiro atoms. The zero-order chi connectivity index (χ0) is 20.1. The molecule has 0 aliphatic carbocycles. The SMILES string of the molecule is COc1cc(/C=C/C(=O)N2CC(=O)Nc3ccccc32)ccc1OCC(C)C. The lowest BCUT2D eigenvalue weighted by atomic mass is 10.1. The fourth-order valence-corrected chi connectivity index (χ4v) is 2.85. The Hall–Kier alpha value is -3.28. The third kappa shape index (κ3) is 4.52. The van der Waals surface area contributed by atoms with E-state index in [1.165, 1.54) is 11.0 Å². The Morgan fingerprint density at radius 3 is 2.75 bits per heavy atom. The molecule has 0 saturated carbocycles. The molecule has 1 aliphatic heterocycles. The van der Waals surface area contributed by atoms with Gasteiger partial charge >= 0.3 is 0 Å². The zero-order valence-corrected chi connectivity index (χ0v) is 16.3. The number of hydrogen-bond acceptors (Lipinski definition) is 4. The highest BCUT2D eigenvalue weighted by Crippen LogP contribution is 2.30. The molecule has 0 fully saturated rings. The Bertz CT molecular complexity index is 905. The first kappa shape index (κ1) is 19.5. The number of benzene rings is 2. The molecule has 1 heterocycles. The van der Waals surface area contributed by atoms with Crippen molar-refractivity contribution in [3.8, 4) is 11.5 Å². The summed E-state index contributed by atoms with van der Waals surface area (Å²) in [7, 11) is 1.58. The van der Waals surface area contributed by atoms with Crippen LogP contribution in [0.25, 0.3) is 6.08 Å². The van der Waals surface area contributed by atoms with Gasteiger partial charge in [0.15, 0.2) is 11.5 Å². The molecule has 0 unspecified atom stereocenters. The molecule has 0 atom stereocenters. The normalized spacial score (nSPS) is 13.4. The van der Waals surface area contributed by atoms with Crippen molar-refractivity contribution in [2.45, 2.75) is 13.8 Å². The topological polar surface area (TPSA) is 67.9 Å². The van der Waals surface area contributed by atoms with Crippen LogP contribution in [-0.2, 0) is 9.59 Å². The van der Waals surface area contributed by atoms with Crippen LogP contribution in [0.2, 0.25) is 0 Å². The predicted octanol–water partition coefficient (Wildman–Crippen LogP) is 3.73. The van der Waals surface area contributed by atoms with Crippen molar-refractivity contribution >= 4 is 29.3 Å². The zero-order valence-electron chi connectivity index (χ0n) is 16.3. The second-order valence-corrected chi connectivity index (χ2v) is 6.94. The van der Waals surface area contributed by atoms with Crippen LogP contribution in [0.3, 0.4) is 0 Å². The number of nitrogens with one attached hydrogen (secondary N) is 1. The highest BCUT2D eigenvalue weighted by atomic mass is 16.5. The molecule has 1 N–H and O–H groups in total. The summed E-state index contributed by atoms with van der Waals surface area (Å²) in [6.07, 6.45) is 3.16. The number of anilines is 2. The van der Waals surface area contributed by atoms with Gasteiger partial charge in [-0.25, -0.2) is 0 Å². The number of ether oxygens (including phenoxy) is 2. The van der Waals surface area contributed by atoms with E-state index in [1.807, 2.05) is 36.4 Å². The smallest absolute Gasteiger partial charge is 0.251 e. The van der Waals surface area contributed by atoms with Crippen LogP contribution in [0.15, 0.2) is 48.5 Å². The van der Waals surface area contributed by atoms with Gasteiger partial charge in [0, 0.05) is 6.08 Å². The van der Waals surface area contributed by atoms with Gasteiger partial charge in [0.2, 0.25) is 5.91 Å². The Kier molecular flexibility index (Phi) is 5.99. The van der Waals surface area contributed by atoms with E-state index in [2.05, 4.69) is 19.2 Å². The minimum absolute atomic E-state index is 0.00844. The van der Waals surface area contributed by atoms with Crippen molar-refractivity contribution in [1.82, 2.24) is 0 Å². The van der Waals surface area contributed by atoms with E-state index in [1.54, 1.807) is 19.3 Å². The summed E-state index contributed by atoms with van der Waals surface area (Å²) in [5, 5.41) is 2.77. The first-order valence-electron chi connectivity index (χ1n) is 9.17. The molecule has 28 heavy (non-hydrogen) atoms. The molecule has 2 amide bonds. The molecule has 2 aromatic rings. The molecule has 146 valence electrons. The molecule has 1 aliphatic rings. The monoisotopic (exact) mass is 380 g/mol. The van der Waals surface area contributed by atoms with Gasteiger partial charge in [-0.05, 0) is 41.8 Å². The third-order valence-electron chi connectivity index (χ3n) is 4.21. The van der Waals surface area contributed by atoms with Crippen LogP contribution < -0.4 is 19.7 Å². The second kappa shape index (κ2) is 8.61. The number of hydrogen-bond donors (Lipinski definition) is 1. The predicted molar refractivity (Wildman–Crippen MR) is 110 cm³/mol. The average Bonchev–Trinajstić information content (AvgIpc) is 2.69. The Morgan fingerprint density at radius 2 is 2.00 bits per heavy atom. The van der Waals surface area contributed by atoms with E-state index >= 15 is 0 Å². The molecular weight excluding hydrogens is 356 g/mol. The number of carbonyl (C=O) groups is 2. The van der Waals surface area contributed by atoms with E-state index in [-0.39, 0.29) is 18.4 Å². The van der Waals surface area contributed by atoms with E-state index in [9.17, 15) is 9.59 Å². The van der Waals surface area contributed by atoms with Gasteiger partial charge in [-0.3, -0.25) is 14.5 Å². The standard InChI is InChI=1S/C22H24N2O4/c1-15(2)14-28-19-10-8-16(12-20(19)27-3)9-11-22(26)24-13-21(25)23-17-6-4-5-7-18(17)24/h4-12,15H,13-14H2,1-3H3,(H,23,25)/b11-9+. The first-order valence-corrected chi connectivity index (χ1v) is 9.17. The van der Waals surface area contributed by atoms with Crippen LogP contribution in [0.1, 0.15) is 19.4 Å². The Morgan fingerprint density at radius 1 is 1.21 bits per heavy atom. The maximum Gasteiger partial charge on any atom is 0.251 e. The van der Waals surface area contributed by atoms with Gasteiger partial charge in [0.05, 0.1) is 25.1 Å². The fourth-order valence-electron chi connectivity index (χ4n) is 2.85. The summed E-state index contributed by atoms with van der Waals surface area (Å²) in [5.41, 5.74) is 2.12. The Labute approximate surface area is 164 Å². The van der Waals surface area contributed by atoms with Crippen molar-refractivity contribution in [3.05, 3.63) is 54.1 Å². The van der Waals surface area contributed by atoms with Gasteiger partial charge < -0.3 is 14.8 Å². The lowest BCUT2D eigenvalue weighted by Gasteiger charge is -2.28. The highest BCUT2D eigenvalue weighted by Gasteiger charge is 2.25. The fraction of sp³-hybridized carbons (Fsp3) is 0.273. The lowest BCUT2D eigenvalue weighted by Crippen LogP contribution is -2.41. The van der Waals surface area contributed by atoms with Crippen molar-refractivity contribution in [1.29, 1.82) is 0 Å². The summed E-state index contributed by atoms with van der Waals surface area (Å²) in [5.74, 6) is 1.21. The maximum atomic E-state index is 12.7. The van der Waals surface area contributed by atoms with Crippen molar-refractivity contribution < 1.29 is 19.1 Å². The van der Waals surface area contributed by atoms with E-state index in [0.717, 1.165) is 5.56 Å². The number of nitrogens with zero attached hydrogens (tertiary/aromatic N) is 1. The minimum atomic E-state index is -0.263. The molecule has 6 heteroatoms. The van der Waals surface area contributed by atoms with Crippen LogP contribution >= 0.6 is 0 Å². The number of fused-ring (bicyclic) bond motifs is 1. The van der Waals surface area contributed by atoms with E-state index in [0.29, 0.717) is 35.4 Å². The van der Waals surface area contributed by atoms with Gasteiger partial charge in [-0.2, -0.15) is 0 Å². The summed E-state index contributed by atoms with van der Waals surface area (Å²) < 4.78 is 11.1. The summed E-state index contributed by atoms with van der Waals surface area (Å²) in [4.78, 5) is 26.0. The number of para-hydroxylation sites is 2. The molecule has 0 aromatic heterocycles. The van der Waals surface area contributed by atoms with E-state index < -0.39 is 0 Å². The summed E-state index contributed by atoms with van der Waals surface area (Å²) in [6, 6.07) is 12.7. The second-order valence-electron chi connectivity index (χ2n) is 6.94. The lowest BCUT2D eigenvalue weighted by molar-refractivity contribution is -0.119. The van der Waals surface area contributed by atoms with Gasteiger partial charge in [-0.15, -0.1) is 0 Å². The Balaban J connectivity index is 1.76. The largest absolute Gasteiger partial charge is 0.493 e. The minimum Gasteiger partial charge on any atom is -0.493 e. The van der Waals surface area contributed by atoms with Gasteiger partial charge in [-0.1, -0.05) is 32.0 Å². The van der Waals surface area contributed by atoms with Crippen molar-refractivity contribution in [2.24, 2.45) is 5.92 Å². The number of carbonyl (C=O) groups excluding carboxylic acids is 2. The number of amides is 2. The van der Waals surface area contributed by atoms with Crippen LogP contribution in [0, 0.1) is 5.92 Å². The molecular formula is C22H24N2O4. The van der Waals surface area contributed by atoms with E-state index in [4.69, 9.17) is 9.47 Å². The van der Waals surface area contributed by atoms with Gasteiger partial charge in [0.25, 0.3) is 5.91 Å². The first-order chi connectivity index (χ1) is 13.5. The highest BCUT2D eigenvalue weighted by molar-refractivity contribution is 6.13. The number of methoxy groups -OCH3 is 1. The summed E-state index contributed by atoms with van der Waals surface area (Å²) in [6.45, 7) is 4.74. The van der Waals surface area contributed by atoms with Crippen LogP contribution in [0.4, 0.5) is 11.4 Å². The molecule has 6 nitrogen and oxygen atoms in total. The van der Waals surface area contributed by atoms with Crippen LogP contribution in [-0.4, -0.2) is 32.1 Å². The third-order valence-corrected chi connectivity index (χ3v) is 4.21. The molecule has 0 saturated heterocycles. The van der Waals surface area contributed by atoms with Crippen molar-refractivity contribution in [2.75, 3.05) is 30.5 Å². The number of rotatable bonds is 6. The maximum absolute atomic E-state index is 12.7. The summed E-state index contributed by atoms with van der Waals surface area (Å²) >= 11 is 0.